The van der Waals surface area contributed by atoms with Crippen LogP contribution in [0.15, 0.2) is 18.2 Å². The standard InChI is InChI=1S/C16H23IO3/c1-3-4-5-6-7-8-11-20-15-10-9-13(17)12-14(15)16(18)19-2/h9-10,12H,3-8,11H2,1-2H3. The summed E-state index contributed by atoms with van der Waals surface area (Å²) >= 11 is 2.17. The van der Waals surface area contributed by atoms with Crippen molar-refractivity contribution in [3.63, 3.8) is 0 Å². The van der Waals surface area contributed by atoms with Crippen molar-refractivity contribution in [2.24, 2.45) is 0 Å². The van der Waals surface area contributed by atoms with Gasteiger partial charge in [0.2, 0.25) is 0 Å². The van der Waals surface area contributed by atoms with Crippen LogP contribution in [0.2, 0.25) is 0 Å². The Bertz CT molecular complexity index is 418. The molecule has 0 aromatic heterocycles. The first-order valence-electron chi connectivity index (χ1n) is 7.19. The predicted molar refractivity (Wildman–Crippen MR) is 89.4 cm³/mol. The van der Waals surface area contributed by atoms with E-state index in [4.69, 9.17) is 9.47 Å². The van der Waals surface area contributed by atoms with Gasteiger partial charge in [0.15, 0.2) is 0 Å². The fraction of sp³-hybridized carbons (Fsp3) is 0.562. The van der Waals surface area contributed by atoms with Gasteiger partial charge in [-0.1, -0.05) is 39.0 Å². The summed E-state index contributed by atoms with van der Waals surface area (Å²) < 4.78 is 11.5. The number of esters is 1. The van der Waals surface area contributed by atoms with Gasteiger partial charge >= 0.3 is 5.97 Å². The third-order valence-electron chi connectivity index (χ3n) is 3.10. The van der Waals surface area contributed by atoms with Gasteiger partial charge in [0.05, 0.1) is 13.7 Å². The third-order valence-corrected chi connectivity index (χ3v) is 3.77. The lowest BCUT2D eigenvalue weighted by molar-refractivity contribution is 0.0596. The summed E-state index contributed by atoms with van der Waals surface area (Å²) in [6, 6.07) is 5.57. The first-order valence-corrected chi connectivity index (χ1v) is 8.27. The van der Waals surface area contributed by atoms with E-state index in [1.165, 1.54) is 39.2 Å². The lowest BCUT2D eigenvalue weighted by Gasteiger charge is -2.10. The Balaban J connectivity index is 2.41. The van der Waals surface area contributed by atoms with E-state index in [0.29, 0.717) is 17.9 Å². The summed E-state index contributed by atoms with van der Waals surface area (Å²) in [6.07, 6.45) is 7.33. The number of carbonyl (C=O) groups excluding carboxylic acids is 1. The molecule has 1 aromatic carbocycles. The normalized spacial score (nSPS) is 10.3. The summed E-state index contributed by atoms with van der Waals surface area (Å²) in [5, 5.41) is 0. The lowest BCUT2D eigenvalue weighted by atomic mass is 10.1. The van der Waals surface area contributed by atoms with E-state index in [1.807, 2.05) is 12.1 Å². The number of methoxy groups -OCH3 is 1. The van der Waals surface area contributed by atoms with Gasteiger partial charge in [0.25, 0.3) is 0 Å². The molecule has 0 saturated heterocycles. The van der Waals surface area contributed by atoms with Crippen LogP contribution in [0.5, 0.6) is 5.75 Å². The second-order valence-corrected chi connectivity index (χ2v) is 5.99. The highest BCUT2D eigenvalue weighted by molar-refractivity contribution is 14.1. The number of unbranched alkanes of at least 4 members (excludes halogenated alkanes) is 5. The zero-order valence-electron chi connectivity index (χ0n) is 12.3. The SMILES string of the molecule is CCCCCCCCOc1ccc(I)cc1C(=O)OC. The highest BCUT2D eigenvalue weighted by atomic mass is 127. The van der Waals surface area contributed by atoms with E-state index in [-0.39, 0.29) is 5.97 Å². The van der Waals surface area contributed by atoms with Gasteiger partial charge < -0.3 is 9.47 Å². The molecule has 112 valence electrons. The Labute approximate surface area is 135 Å². The average molecular weight is 390 g/mol. The molecular formula is C16H23IO3. The molecule has 1 rings (SSSR count). The molecule has 0 bridgehead atoms. The molecule has 0 aliphatic carbocycles. The highest BCUT2D eigenvalue weighted by Crippen LogP contribution is 2.22. The Morgan fingerprint density at radius 2 is 1.85 bits per heavy atom. The molecule has 0 atom stereocenters. The molecule has 0 N–H and O–H groups in total. The van der Waals surface area contributed by atoms with Crippen LogP contribution < -0.4 is 4.74 Å². The minimum Gasteiger partial charge on any atom is -0.493 e. The molecule has 0 heterocycles. The highest BCUT2D eigenvalue weighted by Gasteiger charge is 2.13. The topological polar surface area (TPSA) is 35.5 Å². The van der Waals surface area contributed by atoms with Crippen LogP contribution in [-0.2, 0) is 4.74 Å². The van der Waals surface area contributed by atoms with Crippen molar-refractivity contribution >= 4 is 28.6 Å². The molecule has 0 fully saturated rings. The summed E-state index contributed by atoms with van der Waals surface area (Å²) in [5.41, 5.74) is 0.505. The van der Waals surface area contributed by atoms with Crippen molar-refractivity contribution < 1.29 is 14.3 Å². The van der Waals surface area contributed by atoms with Crippen molar-refractivity contribution in [2.45, 2.75) is 45.4 Å². The van der Waals surface area contributed by atoms with Gasteiger partial charge in [0.1, 0.15) is 11.3 Å². The Morgan fingerprint density at radius 1 is 1.15 bits per heavy atom. The largest absolute Gasteiger partial charge is 0.493 e. The van der Waals surface area contributed by atoms with Gasteiger partial charge in [-0.15, -0.1) is 0 Å². The number of carbonyl (C=O) groups is 1. The zero-order chi connectivity index (χ0) is 14.8. The molecule has 3 nitrogen and oxygen atoms in total. The fourth-order valence-electron chi connectivity index (χ4n) is 1.96. The van der Waals surface area contributed by atoms with E-state index in [9.17, 15) is 4.79 Å². The zero-order valence-corrected chi connectivity index (χ0v) is 14.4. The van der Waals surface area contributed by atoms with E-state index in [1.54, 1.807) is 6.07 Å². The van der Waals surface area contributed by atoms with Crippen LogP contribution in [0, 0.1) is 3.57 Å². The van der Waals surface area contributed by atoms with Gasteiger partial charge in [-0.25, -0.2) is 4.79 Å². The molecule has 4 heteroatoms. The monoisotopic (exact) mass is 390 g/mol. The average Bonchev–Trinajstić information content (AvgIpc) is 2.46. The summed E-state index contributed by atoms with van der Waals surface area (Å²) in [7, 11) is 1.39. The van der Waals surface area contributed by atoms with Crippen LogP contribution in [0.3, 0.4) is 0 Å². The van der Waals surface area contributed by atoms with Crippen LogP contribution in [0.4, 0.5) is 0 Å². The van der Waals surface area contributed by atoms with Gasteiger partial charge in [-0.2, -0.15) is 0 Å². The lowest BCUT2D eigenvalue weighted by Crippen LogP contribution is -2.07. The number of benzene rings is 1. The van der Waals surface area contributed by atoms with Crippen molar-refractivity contribution in [1.82, 2.24) is 0 Å². The number of hydrogen-bond donors (Lipinski definition) is 0. The van der Waals surface area contributed by atoms with Gasteiger partial charge in [-0.05, 0) is 47.2 Å². The molecule has 0 aliphatic heterocycles. The van der Waals surface area contributed by atoms with Crippen molar-refractivity contribution in [2.75, 3.05) is 13.7 Å². The van der Waals surface area contributed by atoms with Crippen molar-refractivity contribution in [3.8, 4) is 5.75 Å². The van der Waals surface area contributed by atoms with Crippen LogP contribution in [0.25, 0.3) is 0 Å². The number of halogens is 1. The quantitative estimate of drug-likeness (QED) is 0.345. The van der Waals surface area contributed by atoms with Crippen molar-refractivity contribution in [3.05, 3.63) is 27.3 Å². The van der Waals surface area contributed by atoms with E-state index in [0.717, 1.165) is 9.99 Å². The molecule has 20 heavy (non-hydrogen) atoms. The maximum Gasteiger partial charge on any atom is 0.341 e. The number of rotatable bonds is 9. The summed E-state index contributed by atoms with van der Waals surface area (Å²) in [4.78, 5) is 11.7. The molecule has 0 saturated carbocycles. The van der Waals surface area contributed by atoms with E-state index in [2.05, 4.69) is 29.5 Å². The molecule has 1 aromatic rings. The fourth-order valence-corrected chi connectivity index (χ4v) is 2.45. The molecule has 0 radical (unpaired) electrons. The molecule has 0 amide bonds. The maximum atomic E-state index is 11.7. The first-order chi connectivity index (χ1) is 9.69. The van der Waals surface area contributed by atoms with Crippen molar-refractivity contribution in [1.29, 1.82) is 0 Å². The summed E-state index contributed by atoms with van der Waals surface area (Å²) in [6.45, 7) is 2.87. The molecular weight excluding hydrogens is 367 g/mol. The predicted octanol–water partition coefficient (Wildman–Crippen LogP) is 4.82. The van der Waals surface area contributed by atoms with E-state index >= 15 is 0 Å². The second kappa shape index (κ2) is 10.0. The number of ether oxygens (including phenoxy) is 2. The van der Waals surface area contributed by atoms with Gasteiger partial charge in [0, 0.05) is 3.57 Å². The Hall–Kier alpha value is -0.780. The molecule has 0 spiro atoms. The van der Waals surface area contributed by atoms with Crippen LogP contribution in [0.1, 0.15) is 55.8 Å². The van der Waals surface area contributed by atoms with Gasteiger partial charge in [-0.3, -0.25) is 0 Å². The second-order valence-electron chi connectivity index (χ2n) is 4.75. The summed E-state index contributed by atoms with van der Waals surface area (Å²) in [5.74, 6) is 0.271. The Morgan fingerprint density at radius 3 is 2.55 bits per heavy atom. The third kappa shape index (κ3) is 6.11. The smallest absolute Gasteiger partial charge is 0.341 e. The minimum absolute atomic E-state index is 0.346. The molecule has 0 aliphatic rings. The van der Waals surface area contributed by atoms with Crippen LogP contribution in [-0.4, -0.2) is 19.7 Å². The molecule has 0 unspecified atom stereocenters. The van der Waals surface area contributed by atoms with Crippen LogP contribution >= 0.6 is 22.6 Å². The maximum absolute atomic E-state index is 11.7. The number of hydrogen-bond acceptors (Lipinski definition) is 3. The minimum atomic E-state index is -0.346. The first kappa shape index (κ1) is 17.3. The van der Waals surface area contributed by atoms with E-state index < -0.39 is 0 Å². The Kier molecular flexibility index (Phi) is 8.65.